The standard InChI is InChI=1S/C63H122O6/c1-5-8-10-12-14-16-18-20-22-23-24-26-30-34-38-42-46-50-54-61(64)67-57-60(69-63(66)56-52-48-44-40-36-32-25-21-19-17-15-13-11-9-6-2)58-68-62(65)55-51-47-43-39-35-31-28-27-29-33-37-41-45-49-53-59(4)7-3/h59-60H,5-58H2,1-4H3/t59?,60-/m1/s1. The van der Waals surface area contributed by atoms with Crippen LogP contribution >= 0.6 is 0 Å². The molecule has 0 aromatic heterocycles. The number of rotatable bonds is 58. The lowest BCUT2D eigenvalue weighted by molar-refractivity contribution is -0.167. The van der Waals surface area contributed by atoms with Crippen molar-refractivity contribution in [3.63, 3.8) is 0 Å². The maximum absolute atomic E-state index is 12.9. The van der Waals surface area contributed by atoms with E-state index in [9.17, 15) is 14.4 Å². The van der Waals surface area contributed by atoms with Crippen LogP contribution in [-0.4, -0.2) is 37.2 Å². The normalized spacial score (nSPS) is 12.3. The molecule has 0 N–H and O–H groups in total. The Morgan fingerprint density at radius 2 is 0.507 bits per heavy atom. The Balaban J connectivity index is 4.28. The summed E-state index contributed by atoms with van der Waals surface area (Å²) in [5, 5.41) is 0. The van der Waals surface area contributed by atoms with Crippen LogP contribution in [0.4, 0.5) is 0 Å². The van der Waals surface area contributed by atoms with E-state index in [0.717, 1.165) is 63.7 Å². The maximum atomic E-state index is 12.9. The summed E-state index contributed by atoms with van der Waals surface area (Å²) in [4.78, 5) is 38.3. The molecule has 0 rings (SSSR count). The van der Waals surface area contributed by atoms with Crippen LogP contribution in [0.15, 0.2) is 0 Å². The minimum atomic E-state index is -0.762. The van der Waals surface area contributed by atoms with E-state index in [4.69, 9.17) is 14.2 Å². The molecule has 0 saturated heterocycles. The zero-order valence-corrected chi connectivity index (χ0v) is 47.3. The Hall–Kier alpha value is -1.59. The van der Waals surface area contributed by atoms with Gasteiger partial charge in [0, 0.05) is 19.3 Å². The number of carbonyl (C=O) groups is 3. The molecule has 1 unspecified atom stereocenters. The molecular formula is C63H122O6. The molecule has 0 aromatic rings. The molecule has 2 atom stereocenters. The van der Waals surface area contributed by atoms with Crippen molar-refractivity contribution >= 4 is 17.9 Å². The second kappa shape index (κ2) is 57.3. The zero-order valence-electron chi connectivity index (χ0n) is 47.3. The van der Waals surface area contributed by atoms with E-state index < -0.39 is 6.10 Å². The zero-order chi connectivity index (χ0) is 50.2. The van der Waals surface area contributed by atoms with Gasteiger partial charge in [-0.2, -0.15) is 0 Å². The molecule has 0 amide bonds. The number of carbonyl (C=O) groups excluding carboxylic acids is 3. The predicted molar refractivity (Wildman–Crippen MR) is 298 cm³/mol. The van der Waals surface area contributed by atoms with Crippen molar-refractivity contribution in [2.24, 2.45) is 5.92 Å². The molecule has 410 valence electrons. The van der Waals surface area contributed by atoms with Crippen molar-refractivity contribution in [3.05, 3.63) is 0 Å². The molecule has 0 aliphatic heterocycles. The second-order valence-electron chi connectivity index (χ2n) is 21.9. The van der Waals surface area contributed by atoms with E-state index in [-0.39, 0.29) is 31.1 Å². The van der Waals surface area contributed by atoms with Crippen LogP contribution in [0.2, 0.25) is 0 Å². The summed E-state index contributed by atoms with van der Waals surface area (Å²) in [6.45, 7) is 9.12. The highest BCUT2D eigenvalue weighted by atomic mass is 16.6. The molecule has 0 saturated carbocycles. The highest BCUT2D eigenvalue weighted by Gasteiger charge is 2.19. The highest BCUT2D eigenvalue weighted by Crippen LogP contribution is 2.19. The van der Waals surface area contributed by atoms with Crippen molar-refractivity contribution in [3.8, 4) is 0 Å². The molecule has 0 heterocycles. The summed E-state index contributed by atoms with van der Waals surface area (Å²) in [7, 11) is 0. The minimum absolute atomic E-state index is 0.0612. The molecule has 0 aliphatic carbocycles. The van der Waals surface area contributed by atoms with Gasteiger partial charge in [-0.25, -0.2) is 0 Å². The van der Waals surface area contributed by atoms with E-state index in [1.165, 1.54) is 257 Å². The molecule has 0 aliphatic rings. The predicted octanol–water partition coefficient (Wildman–Crippen LogP) is 21.0. The molecule has 0 spiro atoms. The van der Waals surface area contributed by atoms with Gasteiger partial charge in [-0.05, 0) is 25.2 Å². The first-order valence-electron chi connectivity index (χ1n) is 31.4. The third-order valence-electron chi connectivity index (χ3n) is 14.9. The molecule has 0 fully saturated rings. The van der Waals surface area contributed by atoms with E-state index in [0.29, 0.717) is 19.3 Å². The average Bonchev–Trinajstić information content (AvgIpc) is 3.35. The lowest BCUT2D eigenvalue weighted by atomic mass is 9.99. The van der Waals surface area contributed by atoms with E-state index >= 15 is 0 Å². The lowest BCUT2D eigenvalue weighted by Crippen LogP contribution is -2.30. The Morgan fingerprint density at radius 3 is 0.754 bits per heavy atom. The van der Waals surface area contributed by atoms with Crippen molar-refractivity contribution in [2.75, 3.05) is 13.2 Å². The summed E-state index contributed by atoms with van der Waals surface area (Å²) in [5.41, 5.74) is 0. The fraction of sp³-hybridized carbons (Fsp3) is 0.952. The summed E-state index contributed by atoms with van der Waals surface area (Å²) in [6, 6.07) is 0. The second-order valence-corrected chi connectivity index (χ2v) is 21.9. The van der Waals surface area contributed by atoms with Gasteiger partial charge in [0.2, 0.25) is 0 Å². The molecule has 6 heteroatoms. The summed E-state index contributed by atoms with van der Waals surface area (Å²) < 4.78 is 16.9. The van der Waals surface area contributed by atoms with Crippen molar-refractivity contribution in [1.29, 1.82) is 0 Å². The van der Waals surface area contributed by atoms with Crippen LogP contribution in [0, 0.1) is 5.92 Å². The van der Waals surface area contributed by atoms with Gasteiger partial charge in [0.05, 0.1) is 0 Å². The summed E-state index contributed by atoms with van der Waals surface area (Å²) in [5.74, 6) is 0.0671. The van der Waals surface area contributed by atoms with Gasteiger partial charge >= 0.3 is 17.9 Å². The monoisotopic (exact) mass is 975 g/mol. The maximum Gasteiger partial charge on any atom is 0.306 e. The summed E-state index contributed by atoms with van der Waals surface area (Å²) >= 11 is 0. The van der Waals surface area contributed by atoms with Crippen LogP contribution in [0.1, 0.15) is 362 Å². The fourth-order valence-electron chi connectivity index (χ4n) is 9.78. The van der Waals surface area contributed by atoms with Gasteiger partial charge in [0.25, 0.3) is 0 Å². The smallest absolute Gasteiger partial charge is 0.306 e. The van der Waals surface area contributed by atoms with Crippen LogP contribution < -0.4 is 0 Å². The van der Waals surface area contributed by atoms with E-state index in [1.54, 1.807) is 0 Å². The Labute approximate surface area is 431 Å². The molecule has 0 radical (unpaired) electrons. The average molecular weight is 976 g/mol. The molecule has 0 bridgehead atoms. The van der Waals surface area contributed by atoms with Crippen LogP contribution in [-0.2, 0) is 28.6 Å². The van der Waals surface area contributed by atoms with E-state index in [1.807, 2.05) is 0 Å². The molecule has 6 nitrogen and oxygen atoms in total. The molecular weight excluding hydrogens is 853 g/mol. The van der Waals surface area contributed by atoms with Gasteiger partial charge < -0.3 is 14.2 Å². The van der Waals surface area contributed by atoms with Crippen molar-refractivity contribution < 1.29 is 28.6 Å². The Kier molecular flexibility index (Phi) is 56.0. The van der Waals surface area contributed by atoms with Crippen LogP contribution in [0.5, 0.6) is 0 Å². The van der Waals surface area contributed by atoms with Gasteiger partial charge in [-0.1, -0.05) is 323 Å². The fourth-order valence-corrected chi connectivity index (χ4v) is 9.78. The number of hydrogen-bond donors (Lipinski definition) is 0. The van der Waals surface area contributed by atoms with Crippen LogP contribution in [0.25, 0.3) is 0 Å². The Bertz CT molecular complexity index is 1040. The van der Waals surface area contributed by atoms with E-state index in [2.05, 4.69) is 27.7 Å². The number of ether oxygens (including phenoxy) is 3. The lowest BCUT2D eigenvalue weighted by Gasteiger charge is -2.18. The summed E-state index contributed by atoms with van der Waals surface area (Å²) in [6.07, 6.45) is 63.8. The third-order valence-corrected chi connectivity index (χ3v) is 14.9. The number of esters is 3. The van der Waals surface area contributed by atoms with Crippen molar-refractivity contribution in [2.45, 2.75) is 368 Å². The first-order chi connectivity index (χ1) is 33.9. The van der Waals surface area contributed by atoms with Crippen LogP contribution in [0.3, 0.4) is 0 Å². The molecule has 0 aromatic carbocycles. The van der Waals surface area contributed by atoms with Gasteiger partial charge in [-0.15, -0.1) is 0 Å². The minimum Gasteiger partial charge on any atom is -0.462 e. The third kappa shape index (κ3) is 55.6. The van der Waals surface area contributed by atoms with Gasteiger partial charge in [0.1, 0.15) is 13.2 Å². The van der Waals surface area contributed by atoms with Crippen molar-refractivity contribution in [1.82, 2.24) is 0 Å². The topological polar surface area (TPSA) is 78.9 Å². The highest BCUT2D eigenvalue weighted by molar-refractivity contribution is 5.71. The number of unbranched alkanes of at least 4 members (excludes halogenated alkanes) is 44. The largest absolute Gasteiger partial charge is 0.462 e. The first kappa shape index (κ1) is 67.4. The SMILES string of the molecule is CCCCCCCCCCCCCCCCCCCCC(=O)OC[C@H](COC(=O)CCCCCCCCCCCCCCCCC(C)CC)OC(=O)CCCCCCCCCCCCCCCCC. The molecule has 69 heavy (non-hydrogen) atoms. The Morgan fingerprint density at radius 1 is 0.290 bits per heavy atom. The first-order valence-corrected chi connectivity index (χ1v) is 31.4. The number of hydrogen-bond acceptors (Lipinski definition) is 6. The quantitative estimate of drug-likeness (QED) is 0.0343. The van der Waals surface area contributed by atoms with Gasteiger partial charge in [0.15, 0.2) is 6.10 Å². The van der Waals surface area contributed by atoms with Gasteiger partial charge in [-0.3, -0.25) is 14.4 Å².